The number of rotatable bonds is 1. The van der Waals surface area contributed by atoms with Gasteiger partial charge >= 0.3 is 0 Å². The number of nitrogens with zero attached hydrogens (tertiary/aromatic N) is 1. The van der Waals surface area contributed by atoms with Gasteiger partial charge in [0.2, 0.25) is 5.91 Å². The summed E-state index contributed by atoms with van der Waals surface area (Å²) in [5, 5.41) is 4.08. The lowest BCUT2D eigenvalue weighted by molar-refractivity contribution is -0.123. The molecular formula is C14H17ClN2O. The van der Waals surface area contributed by atoms with E-state index in [1.54, 1.807) is 0 Å². The van der Waals surface area contributed by atoms with Gasteiger partial charge in [0.15, 0.2) is 0 Å². The number of halogens is 1. The maximum atomic E-state index is 12.5. The summed E-state index contributed by atoms with van der Waals surface area (Å²) in [6.07, 6.45) is 2.78. The van der Waals surface area contributed by atoms with Crippen molar-refractivity contribution in [1.29, 1.82) is 0 Å². The molecule has 1 aromatic rings. The molecule has 2 aliphatic heterocycles. The third-order valence-electron chi connectivity index (χ3n) is 3.92. The molecule has 0 aromatic heterocycles. The van der Waals surface area contributed by atoms with Gasteiger partial charge in [-0.25, -0.2) is 0 Å². The smallest absolute Gasteiger partial charge is 0.230 e. The summed E-state index contributed by atoms with van der Waals surface area (Å²) < 4.78 is 0. The largest absolute Gasteiger partial charge is 0.317 e. The van der Waals surface area contributed by atoms with Crippen LogP contribution in [0.15, 0.2) is 18.2 Å². The van der Waals surface area contributed by atoms with Gasteiger partial charge in [0.1, 0.15) is 0 Å². The Morgan fingerprint density at radius 2 is 2.11 bits per heavy atom. The van der Waals surface area contributed by atoms with Gasteiger partial charge in [-0.3, -0.25) is 4.79 Å². The number of nitrogens with one attached hydrogen (secondary N) is 1. The van der Waals surface area contributed by atoms with E-state index in [0.29, 0.717) is 0 Å². The van der Waals surface area contributed by atoms with Crippen molar-refractivity contribution in [2.75, 3.05) is 24.5 Å². The van der Waals surface area contributed by atoms with Gasteiger partial charge in [-0.15, -0.1) is 0 Å². The van der Waals surface area contributed by atoms with E-state index in [1.165, 1.54) is 0 Å². The summed E-state index contributed by atoms with van der Waals surface area (Å²) in [5.41, 5.74) is 2.15. The number of hydrogen-bond acceptors (Lipinski definition) is 2. The molecule has 1 N–H and O–H groups in total. The van der Waals surface area contributed by atoms with Crippen LogP contribution in [0.5, 0.6) is 0 Å². The second kappa shape index (κ2) is 4.90. The molecule has 4 heteroatoms. The van der Waals surface area contributed by atoms with Crippen molar-refractivity contribution in [2.45, 2.75) is 19.3 Å². The Hall–Kier alpha value is -1.06. The number of amides is 1. The molecule has 1 fully saturated rings. The fraction of sp³-hybridized carbons (Fsp3) is 0.500. The average molecular weight is 265 g/mol. The van der Waals surface area contributed by atoms with Crippen LogP contribution in [0, 0.1) is 5.92 Å². The van der Waals surface area contributed by atoms with Gasteiger partial charge in [-0.1, -0.05) is 17.7 Å². The normalized spacial score (nSPS) is 19.9. The van der Waals surface area contributed by atoms with Gasteiger partial charge in [-0.05, 0) is 50.0 Å². The minimum atomic E-state index is 0.177. The fourth-order valence-corrected chi connectivity index (χ4v) is 3.17. The standard InChI is InChI=1S/C14H17ClN2O/c15-12-2-1-3-13-11(12)6-9-17(13)14(18)10-4-7-16-8-5-10/h1-3,10,16H,4-9H2. The minimum absolute atomic E-state index is 0.177. The molecule has 0 atom stereocenters. The SMILES string of the molecule is O=C(C1CCNCC1)N1CCc2c(Cl)cccc21. The zero-order chi connectivity index (χ0) is 12.5. The van der Waals surface area contributed by atoms with E-state index < -0.39 is 0 Å². The molecule has 0 aliphatic carbocycles. The van der Waals surface area contributed by atoms with Crippen LogP contribution in [0.1, 0.15) is 18.4 Å². The van der Waals surface area contributed by atoms with E-state index in [0.717, 1.165) is 55.2 Å². The quantitative estimate of drug-likeness (QED) is 0.844. The van der Waals surface area contributed by atoms with Crippen molar-refractivity contribution in [2.24, 2.45) is 5.92 Å². The summed E-state index contributed by atoms with van der Waals surface area (Å²) in [4.78, 5) is 14.5. The Balaban J connectivity index is 1.83. The molecule has 0 radical (unpaired) electrons. The minimum Gasteiger partial charge on any atom is -0.317 e. The molecule has 18 heavy (non-hydrogen) atoms. The molecule has 0 spiro atoms. The lowest BCUT2D eigenvalue weighted by Gasteiger charge is -2.27. The highest BCUT2D eigenvalue weighted by atomic mass is 35.5. The first-order chi connectivity index (χ1) is 8.77. The molecule has 1 aromatic carbocycles. The Labute approximate surface area is 112 Å². The summed E-state index contributed by atoms with van der Waals surface area (Å²) in [5.74, 6) is 0.452. The molecule has 1 saturated heterocycles. The molecule has 3 rings (SSSR count). The first-order valence-electron chi connectivity index (χ1n) is 6.57. The van der Waals surface area contributed by atoms with E-state index >= 15 is 0 Å². The number of piperidine rings is 1. The maximum Gasteiger partial charge on any atom is 0.230 e. The lowest BCUT2D eigenvalue weighted by Crippen LogP contribution is -2.40. The van der Waals surface area contributed by atoms with Crippen LogP contribution in [0.2, 0.25) is 5.02 Å². The van der Waals surface area contributed by atoms with Crippen molar-refractivity contribution < 1.29 is 4.79 Å². The maximum absolute atomic E-state index is 12.5. The summed E-state index contributed by atoms with van der Waals surface area (Å²) >= 11 is 6.18. The summed E-state index contributed by atoms with van der Waals surface area (Å²) in [6, 6.07) is 5.83. The number of benzene rings is 1. The highest BCUT2D eigenvalue weighted by Gasteiger charge is 2.31. The molecule has 3 nitrogen and oxygen atoms in total. The highest BCUT2D eigenvalue weighted by Crippen LogP contribution is 2.34. The zero-order valence-corrected chi connectivity index (χ0v) is 11.0. The number of carbonyl (C=O) groups is 1. The number of anilines is 1. The topological polar surface area (TPSA) is 32.3 Å². The van der Waals surface area contributed by atoms with Crippen LogP contribution < -0.4 is 10.2 Å². The van der Waals surface area contributed by atoms with Gasteiger partial charge < -0.3 is 10.2 Å². The van der Waals surface area contributed by atoms with Crippen LogP contribution >= 0.6 is 11.6 Å². The predicted octanol–water partition coefficient (Wildman–Crippen LogP) is 2.23. The average Bonchev–Trinajstić information content (AvgIpc) is 2.84. The zero-order valence-electron chi connectivity index (χ0n) is 10.3. The monoisotopic (exact) mass is 264 g/mol. The molecule has 0 bridgehead atoms. The fourth-order valence-electron chi connectivity index (χ4n) is 2.91. The van der Waals surface area contributed by atoms with Crippen molar-refractivity contribution in [1.82, 2.24) is 5.32 Å². The van der Waals surface area contributed by atoms with Crippen molar-refractivity contribution in [3.05, 3.63) is 28.8 Å². The van der Waals surface area contributed by atoms with Crippen LogP contribution in [-0.2, 0) is 11.2 Å². The van der Waals surface area contributed by atoms with Gasteiger partial charge in [-0.2, -0.15) is 0 Å². The van der Waals surface area contributed by atoms with Crippen LogP contribution in [-0.4, -0.2) is 25.5 Å². The van der Waals surface area contributed by atoms with Crippen molar-refractivity contribution in [3.8, 4) is 0 Å². The van der Waals surface area contributed by atoms with E-state index in [1.807, 2.05) is 23.1 Å². The van der Waals surface area contributed by atoms with Crippen LogP contribution in [0.3, 0.4) is 0 Å². The second-order valence-corrected chi connectivity index (χ2v) is 5.41. The highest BCUT2D eigenvalue weighted by molar-refractivity contribution is 6.32. The molecular weight excluding hydrogens is 248 g/mol. The second-order valence-electron chi connectivity index (χ2n) is 5.00. The van der Waals surface area contributed by atoms with Crippen LogP contribution in [0.4, 0.5) is 5.69 Å². The first-order valence-corrected chi connectivity index (χ1v) is 6.94. The number of fused-ring (bicyclic) bond motifs is 1. The van der Waals surface area contributed by atoms with Gasteiger partial charge in [0.05, 0.1) is 0 Å². The summed E-state index contributed by atoms with van der Waals surface area (Å²) in [6.45, 7) is 2.68. The lowest BCUT2D eigenvalue weighted by atomic mass is 9.96. The third kappa shape index (κ3) is 2.02. The Morgan fingerprint density at radius 1 is 1.33 bits per heavy atom. The Bertz CT molecular complexity index is 469. The molecule has 2 heterocycles. The van der Waals surface area contributed by atoms with Crippen LogP contribution in [0.25, 0.3) is 0 Å². The molecule has 96 valence electrons. The molecule has 2 aliphatic rings. The van der Waals surface area contributed by atoms with E-state index in [9.17, 15) is 4.79 Å². The number of hydrogen-bond donors (Lipinski definition) is 1. The summed E-state index contributed by atoms with van der Waals surface area (Å²) in [7, 11) is 0. The molecule has 1 amide bonds. The van der Waals surface area contributed by atoms with Crippen molar-refractivity contribution >= 4 is 23.2 Å². The van der Waals surface area contributed by atoms with E-state index in [2.05, 4.69) is 5.32 Å². The van der Waals surface area contributed by atoms with Crippen molar-refractivity contribution in [3.63, 3.8) is 0 Å². The molecule has 0 unspecified atom stereocenters. The third-order valence-corrected chi connectivity index (χ3v) is 4.28. The van der Waals surface area contributed by atoms with E-state index in [4.69, 9.17) is 11.6 Å². The van der Waals surface area contributed by atoms with Gasteiger partial charge in [0, 0.05) is 23.2 Å². The van der Waals surface area contributed by atoms with E-state index in [-0.39, 0.29) is 11.8 Å². The van der Waals surface area contributed by atoms with Gasteiger partial charge in [0.25, 0.3) is 0 Å². The first kappa shape index (κ1) is 12.0. The number of carbonyl (C=O) groups excluding carboxylic acids is 1. The Morgan fingerprint density at radius 3 is 2.89 bits per heavy atom. The Kier molecular flexibility index (Phi) is 3.27. The molecule has 0 saturated carbocycles. The predicted molar refractivity (Wildman–Crippen MR) is 73.1 cm³/mol.